The Balaban J connectivity index is 1.47. The summed E-state index contributed by atoms with van der Waals surface area (Å²) in [6.07, 6.45) is 0.875. The second-order valence-corrected chi connectivity index (χ2v) is 12.4. The maximum absolute atomic E-state index is 13.4. The number of amides is 1. The van der Waals surface area contributed by atoms with Gasteiger partial charge in [-0.2, -0.15) is 0 Å². The summed E-state index contributed by atoms with van der Waals surface area (Å²) in [7, 11) is -3.88. The summed E-state index contributed by atoms with van der Waals surface area (Å²) in [6, 6.07) is 21.6. The van der Waals surface area contributed by atoms with Crippen molar-refractivity contribution in [1.29, 1.82) is 0 Å². The van der Waals surface area contributed by atoms with Crippen LogP contribution in [0.3, 0.4) is 0 Å². The third-order valence-electron chi connectivity index (χ3n) is 6.85. The Kier molecular flexibility index (Phi) is 7.38. The minimum Gasteiger partial charge on any atom is -0.393 e. The van der Waals surface area contributed by atoms with Crippen LogP contribution in [-0.4, -0.2) is 38.8 Å². The van der Waals surface area contributed by atoms with Crippen molar-refractivity contribution in [2.75, 3.05) is 17.9 Å². The molecule has 8 nitrogen and oxygen atoms in total. The topological polar surface area (TPSA) is 110 Å². The van der Waals surface area contributed by atoms with E-state index in [0.29, 0.717) is 35.4 Å². The maximum atomic E-state index is 13.4. The van der Waals surface area contributed by atoms with Gasteiger partial charge < -0.3 is 19.8 Å². The van der Waals surface area contributed by atoms with Gasteiger partial charge in [0.1, 0.15) is 0 Å². The fraction of sp³-hybridized carbons (Fsp3) is 0.300. The molecular formula is C30H33N3O5S. The number of carbonyl (C=O) groups is 1. The number of hydrogen-bond acceptors (Lipinski definition) is 5. The fourth-order valence-electron chi connectivity index (χ4n) is 4.66. The van der Waals surface area contributed by atoms with Gasteiger partial charge in [-0.15, -0.1) is 0 Å². The minimum absolute atomic E-state index is 0.0175. The number of sulfonamides is 1. The van der Waals surface area contributed by atoms with Crippen LogP contribution in [0.4, 0.5) is 10.5 Å². The Morgan fingerprint density at radius 2 is 1.67 bits per heavy atom. The average molecular weight is 548 g/mol. The smallest absolute Gasteiger partial charge is 0.393 e. The lowest BCUT2D eigenvalue weighted by Gasteiger charge is -2.22. The molecule has 1 fully saturated rings. The summed E-state index contributed by atoms with van der Waals surface area (Å²) in [4.78, 5) is 16.0. The van der Waals surface area contributed by atoms with Crippen LogP contribution >= 0.6 is 0 Å². The minimum atomic E-state index is -3.88. The van der Waals surface area contributed by atoms with Crippen LogP contribution in [0.5, 0.6) is 5.88 Å². The van der Waals surface area contributed by atoms with Gasteiger partial charge in [0.05, 0.1) is 10.5 Å². The van der Waals surface area contributed by atoms with Crippen molar-refractivity contribution in [3.63, 3.8) is 0 Å². The van der Waals surface area contributed by atoms with Crippen molar-refractivity contribution in [3.05, 3.63) is 78.4 Å². The van der Waals surface area contributed by atoms with Crippen LogP contribution in [0.2, 0.25) is 0 Å². The summed E-state index contributed by atoms with van der Waals surface area (Å²) < 4.78 is 40.5. The SMILES string of the molecule is CC(C)(C)c1ccc(NS(=O)(=O)c2ccc3[nH]c(OC(=O)NC4CCOCC4)c(-c4ccccc4)c3c2)cc1. The van der Waals surface area contributed by atoms with E-state index < -0.39 is 16.1 Å². The quantitative estimate of drug-likeness (QED) is 0.266. The lowest BCUT2D eigenvalue weighted by Crippen LogP contribution is -2.40. The standard InChI is InChI=1S/C30H33N3O5S/c1-30(2,3)21-9-11-23(12-10-21)33-39(35,36)24-13-14-26-25(19-24)27(20-7-5-4-6-8-20)28(32-26)38-29(34)31-22-15-17-37-18-16-22/h4-14,19,22,32-33H,15-18H2,1-3H3,(H,31,34). The van der Waals surface area contributed by atoms with Crippen molar-refractivity contribution < 1.29 is 22.7 Å². The highest BCUT2D eigenvalue weighted by molar-refractivity contribution is 7.92. The van der Waals surface area contributed by atoms with Crippen LogP contribution in [0.25, 0.3) is 22.0 Å². The van der Waals surface area contributed by atoms with Crippen molar-refractivity contribution in [2.24, 2.45) is 0 Å². The second-order valence-electron chi connectivity index (χ2n) is 10.8. The number of nitrogens with one attached hydrogen (secondary N) is 3. The van der Waals surface area contributed by atoms with E-state index in [2.05, 4.69) is 35.8 Å². The number of fused-ring (bicyclic) bond motifs is 1. The molecule has 0 aliphatic carbocycles. The van der Waals surface area contributed by atoms with Crippen LogP contribution in [0.1, 0.15) is 39.2 Å². The molecule has 3 aromatic carbocycles. The van der Waals surface area contributed by atoms with Crippen LogP contribution in [0.15, 0.2) is 77.7 Å². The van der Waals surface area contributed by atoms with E-state index in [1.807, 2.05) is 42.5 Å². The molecule has 1 aliphatic heterocycles. The van der Waals surface area contributed by atoms with Gasteiger partial charge in [-0.1, -0.05) is 63.2 Å². The van der Waals surface area contributed by atoms with Gasteiger partial charge in [0.15, 0.2) is 0 Å². The van der Waals surface area contributed by atoms with Crippen LogP contribution in [-0.2, 0) is 20.2 Å². The van der Waals surface area contributed by atoms with E-state index in [9.17, 15) is 13.2 Å². The number of hydrogen-bond donors (Lipinski definition) is 3. The molecule has 2 heterocycles. The normalized spacial score (nSPS) is 14.7. The summed E-state index contributed by atoms with van der Waals surface area (Å²) in [5, 5.41) is 3.53. The molecule has 0 saturated carbocycles. The van der Waals surface area contributed by atoms with Gasteiger partial charge in [0.2, 0.25) is 5.88 Å². The van der Waals surface area contributed by atoms with E-state index >= 15 is 0 Å². The summed E-state index contributed by atoms with van der Waals surface area (Å²) in [5.41, 5.74) is 3.61. The Morgan fingerprint density at radius 3 is 2.33 bits per heavy atom. The fourth-order valence-corrected chi connectivity index (χ4v) is 5.75. The van der Waals surface area contributed by atoms with Gasteiger partial charge in [0.25, 0.3) is 10.0 Å². The molecule has 4 aromatic rings. The largest absolute Gasteiger partial charge is 0.414 e. The van der Waals surface area contributed by atoms with Crippen molar-refractivity contribution in [3.8, 4) is 17.0 Å². The number of aromatic nitrogens is 1. The molecule has 39 heavy (non-hydrogen) atoms. The molecular weight excluding hydrogens is 514 g/mol. The zero-order chi connectivity index (χ0) is 27.6. The van der Waals surface area contributed by atoms with E-state index in [0.717, 1.165) is 24.0 Å². The van der Waals surface area contributed by atoms with Crippen LogP contribution in [0, 0.1) is 0 Å². The molecule has 1 aliphatic rings. The van der Waals surface area contributed by atoms with E-state index in [-0.39, 0.29) is 22.2 Å². The molecule has 1 aromatic heterocycles. The number of rotatable bonds is 6. The van der Waals surface area contributed by atoms with Crippen molar-refractivity contribution >= 4 is 32.7 Å². The molecule has 1 amide bonds. The van der Waals surface area contributed by atoms with E-state index in [1.165, 1.54) is 6.07 Å². The highest BCUT2D eigenvalue weighted by Gasteiger charge is 2.23. The molecule has 5 rings (SSSR count). The highest BCUT2D eigenvalue weighted by Crippen LogP contribution is 2.38. The Hall–Kier alpha value is -3.82. The molecule has 3 N–H and O–H groups in total. The number of H-pyrrole nitrogens is 1. The van der Waals surface area contributed by atoms with Crippen molar-refractivity contribution in [1.82, 2.24) is 10.3 Å². The van der Waals surface area contributed by atoms with Crippen molar-refractivity contribution in [2.45, 2.75) is 50.0 Å². The number of ether oxygens (including phenoxy) is 2. The zero-order valence-corrected chi connectivity index (χ0v) is 23.1. The zero-order valence-electron chi connectivity index (χ0n) is 22.3. The predicted molar refractivity (Wildman–Crippen MR) is 153 cm³/mol. The second kappa shape index (κ2) is 10.7. The molecule has 204 valence electrons. The maximum Gasteiger partial charge on any atom is 0.414 e. The van der Waals surface area contributed by atoms with Gasteiger partial charge in [-0.3, -0.25) is 4.72 Å². The van der Waals surface area contributed by atoms with Crippen LogP contribution < -0.4 is 14.8 Å². The summed E-state index contributed by atoms with van der Waals surface area (Å²) >= 11 is 0. The highest BCUT2D eigenvalue weighted by atomic mass is 32.2. The molecule has 0 unspecified atom stereocenters. The average Bonchev–Trinajstić information content (AvgIpc) is 3.26. The van der Waals surface area contributed by atoms with E-state index in [1.54, 1.807) is 24.3 Å². The third-order valence-corrected chi connectivity index (χ3v) is 8.23. The molecule has 1 saturated heterocycles. The monoisotopic (exact) mass is 547 g/mol. The molecule has 0 atom stereocenters. The Labute approximate surface area is 228 Å². The lowest BCUT2D eigenvalue weighted by molar-refractivity contribution is 0.0777. The number of carbonyl (C=O) groups excluding carboxylic acids is 1. The molecule has 0 bridgehead atoms. The first-order chi connectivity index (χ1) is 18.6. The number of anilines is 1. The first kappa shape index (κ1) is 26.8. The number of benzene rings is 3. The number of aromatic amines is 1. The summed E-state index contributed by atoms with van der Waals surface area (Å²) in [6.45, 7) is 7.51. The first-order valence-electron chi connectivity index (χ1n) is 13.0. The molecule has 0 spiro atoms. The van der Waals surface area contributed by atoms with Gasteiger partial charge in [0, 0.05) is 35.8 Å². The first-order valence-corrected chi connectivity index (χ1v) is 14.5. The van der Waals surface area contributed by atoms with E-state index in [4.69, 9.17) is 9.47 Å². The van der Waals surface area contributed by atoms with Gasteiger partial charge in [-0.25, -0.2) is 13.2 Å². The summed E-state index contributed by atoms with van der Waals surface area (Å²) in [5.74, 6) is 0.251. The lowest BCUT2D eigenvalue weighted by atomic mass is 9.87. The predicted octanol–water partition coefficient (Wildman–Crippen LogP) is 6.20. The third kappa shape index (κ3) is 6.10. The Bertz CT molecular complexity index is 1570. The van der Waals surface area contributed by atoms with Gasteiger partial charge >= 0.3 is 6.09 Å². The molecule has 9 heteroatoms. The van der Waals surface area contributed by atoms with Gasteiger partial charge in [-0.05, 0) is 59.7 Å². The molecule has 0 radical (unpaired) electrons. The Morgan fingerprint density at radius 1 is 0.974 bits per heavy atom.